The summed E-state index contributed by atoms with van der Waals surface area (Å²) in [6.07, 6.45) is 0. The lowest BCUT2D eigenvalue weighted by Gasteiger charge is -2.06. The molecule has 108 valence electrons. The van der Waals surface area contributed by atoms with Gasteiger partial charge in [-0.2, -0.15) is 0 Å². The molecule has 2 aromatic heterocycles. The second kappa shape index (κ2) is 5.29. The molecular formula is C15H16N4OS. The summed E-state index contributed by atoms with van der Waals surface area (Å²) in [5.74, 6) is 0.743. The molecule has 5 nitrogen and oxygen atoms in total. The predicted molar refractivity (Wildman–Crippen MR) is 84.7 cm³/mol. The van der Waals surface area contributed by atoms with Crippen LogP contribution in [0.15, 0.2) is 24.3 Å². The van der Waals surface area contributed by atoms with Gasteiger partial charge in [-0.05, 0) is 32.9 Å². The maximum absolute atomic E-state index is 12.2. The largest absolute Gasteiger partial charge is 0.319 e. The molecule has 0 aliphatic carbocycles. The number of para-hydroxylation sites is 2. The second-order valence-electron chi connectivity index (χ2n) is 4.94. The predicted octanol–water partition coefficient (Wildman–Crippen LogP) is 3.06. The topological polar surface area (TPSA) is 59.8 Å². The van der Waals surface area contributed by atoms with Crippen LogP contribution in [0, 0.1) is 20.8 Å². The number of hydrogen-bond donors (Lipinski definition) is 1. The van der Waals surface area contributed by atoms with Crippen molar-refractivity contribution in [3.8, 4) is 0 Å². The van der Waals surface area contributed by atoms with Gasteiger partial charge in [0.15, 0.2) is 5.13 Å². The van der Waals surface area contributed by atoms with Gasteiger partial charge in [0.25, 0.3) is 0 Å². The molecule has 0 aliphatic rings. The first-order chi connectivity index (χ1) is 10.0. The maximum atomic E-state index is 12.2. The van der Waals surface area contributed by atoms with Gasteiger partial charge in [0.2, 0.25) is 5.91 Å². The van der Waals surface area contributed by atoms with Crippen LogP contribution in [-0.2, 0) is 11.3 Å². The summed E-state index contributed by atoms with van der Waals surface area (Å²) in [6, 6.07) is 7.82. The van der Waals surface area contributed by atoms with E-state index >= 15 is 0 Å². The van der Waals surface area contributed by atoms with E-state index in [1.54, 1.807) is 0 Å². The Hall–Kier alpha value is -2.21. The Morgan fingerprint density at radius 1 is 1.24 bits per heavy atom. The number of carbonyl (C=O) groups excluding carboxylic acids is 1. The summed E-state index contributed by atoms with van der Waals surface area (Å²) in [6.45, 7) is 6.08. The summed E-state index contributed by atoms with van der Waals surface area (Å²) in [7, 11) is 0. The number of nitrogens with one attached hydrogen (secondary N) is 1. The first kappa shape index (κ1) is 13.8. The monoisotopic (exact) mass is 300 g/mol. The third-order valence-corrected chi connectivity index (χ3v) is 4.41. The zero-order valence-electron chi connectivity index (χ0n) is 12.2. The van der Waals surface area contributed by atoms with Crippen LogP contribution in [0.5, 0.6) is 0 Å². The highest BCUT2D eigenvalue weighted by molar-refractivity contribution is 7.15. The molecule has 2 heterocycles. The van der Waals surface area contributed by atoms with Crippen LogP contribution in [0.2, 0.25) is 0 Å². The van der Waals surface area contributed by atoms with Gasteiger partial charge in [-0.1, -0.05) is 12.1 Å². The van der Waals surface area contributed by atoms with Crippen molar-refractivity contribution >= 4 is 33.4 Å². The van der Waals surface area contributed by atoms with E-state index in [-0.39, 0.29) is 12.5 Å². The van der Waals surface area contributed by atoms with Crippen LogP contribution in [0.1, 0.15) is 16.4 Å². The zero-order valence-corrected chi connectivity index (χ0v) is 13.0. The van der Waals surface area contributed by atoms with E-state index in [4.69, 9.17) is 0 Å². The lowest BCUT2D eigenvalue weighted by atomic mass is 10.3. The minimum Gasteiger partial charge on any atom is -0.319 e. The van der Waals surface area contributed by atoms with Crippen molar-refractivity contribution in [3.05, 3.63) is 40.7 Å². The molecule has 0 spiro atoms. The number of thiazole rings is 1. The van der Waals surface area contributed by atoms with Crippen molar-refractivity contribution in [2.45, 2.75) is 27.3 Å². The SMILES string of the molecule is Cc1nc(NC(=O)Cn2c(C)nc3ccccc32)sc1C. The maximum Gasteiger partial charge on any atom is 0.246 e. The van der Waals surface area contributed by atoms with Crippen LogP contribution < -0.4 is 5.32 Å². The number of imidazole rings is 1. The number of fused-ring (bicyclic) bond motifs is 1. The number of benzene rings is 1. The highest BCUT2D eigenvalue weighted by Crippen LogP contribution is 2.21. The fourth-order valence-corrected chi connectivity index (χ4v) is 3.05. The third-order valence-electron chi connectivity index (χ3n) is 3.42. The summed E-state index contributed by atoms with van der Waals surface area (Å²) in [5.41, 5.74) is 2.83. The van der Waals surface area contributed by atoms with E-state index < -0.39 is 0 Å². The molecular weight excluding hydrogens is 284 g/mol. The molecule has 1 amide bonds. The summed E-state index contributed by atoms with van der Waals surface area (Å²) in [4.78, 5) is 22.1. The molecule has 0 atom stereocenters. The molecule has 0 saturated carbocycles. The Labute approximate surface area is 126 Å². The first-order valence-corrected chi connectivity index (χ1v) is 7.52. The summed E-state index contributed by atoms with van der Waals surface area (Å²) >= 11 is 1.50. The second-order valence-corrected chi connectivity index (χ2v) is 6.15. The number of aryl methyl sites for hydroxylation is 3. The standard InChI is InChI=1S/C15H16N4OS/c1-9-10(2)21-15(16-9)18-14(20)8-19-11(3)17-12-6-4-5-7-13(12)19/h4-7H,8H2,1-3H3,(H,16,18,20). The van der Waals surface area contributed by atoms with Gasteiger partial charge < -0.3 is 9.88 Å². The van der Waals surface area contributed by atoms with Crippen LogP contribution in [0.3, 0.4) is 0 Å². The Morgan fingerprint density at radius 2 is 2.00 bits per heavy atom. The number of hydrogen-bond acceptors (Lipinski definition) is 4. The molecule has 3 rings (SSSR count). The first-order valence-electron chi connectivity index (χ1n) is 6.70. The minimum atomic E-state index is -0.0880. The van der Waals surface area contributed by atoms with Crippen molar-refractivity contribution in [3.63, 3.8) is 0 Å². The fourth-order valence-electron chi connectivity index (χ4n) is 2.22. The third kappa shape index (κ3) is 2.67. The van der Waals surface area contributed by atoms with E-state index in [1.165, 1.54) is 11.3 Å². The van der Waals surface area contributed by atoms with Crippen molar-refractivity contribution in [1.82, 2.24) is 14.5 Å². The number of amides is 1. The minimum absolute atomic E-state index is 0.0880. The number of rotatable bonds is 3. The molecule has 1 aromatic carbocycles. The zero-order chi connectivity index (χ0) is 15.0. The van der Waals surface area contributed by atoms with E-state index in [9.17, 15) is 4.79 Å². The molecule has 0 saturated heterocycles. The van der Waals surface area contributed by atoms with Gasteiger partial charge in [-0.15, -0.1) is 11.3 Å². The Morgan fingerprint density at radius 3 is 2.71 bits per heavy atom. The molecule has 0 bridgehead atoms. The molecule has 0 fully saturated rings. The fraction of sp³-hybridized carbons (Fsp3) is 0.267. The average molecular weight is 300 g/mol. The van der Waals surface area contributed by atoms with Crippen LogP contribution in [-0.4, -0.2) is 20.4 Å². The Kier molecular flexibility index (Phi) is 3.47. The summed E-state index contributed by atoms with van der Waals surface area (Å²) < 4.78 is 1.91. The van der Waals surface area contributed by atoms with Crippen molar-refractivity contribution in [1.29, 1.82) is 0 Å². The quantitative estimate of drug-likeness (QED) is 0.808. The van der Waals surface area contributed by atoms with Crippen LogP contribution in [0.25, 0.3) is 11.0 Å². The van der Waals surface area contributed by atoms with E-state index in [2.05, 4.69) is 15.3 Å². The molecule has 3 aromatic rings. The van der Waals surface area contributed by atoms with Gasteiger partial charge >= 0.3 is 0 Å². The van der Waals surface area contributed by atoms with Gasteiger partial charge in [0.1, 0.15) is 12.4 Å². The molecule has 6 heteroatoms. The van der Waals surface area contributed by atoms with Gasteiger partial charge in [0, 0.05) is 4.88 Å². The normalized spacial score (nSPS) is 11.0. The lowest BCUT2D eigenvalue weighted by Crippen LogP contribution is -2.19. The van der Waals surface area contributed by atoms with Gasteiger partial charge in [-0.25, -0.2) is 9.97 Å². The van der Waals surface area contributed by atoms with Crippen molar-refractivity contribution in [2.75, 3.05) is 5.32 Å². The smallest absolute Gasteiger partial charge is 0.246 e. The van der Waals surface area contributed by atoms with E-state index in [0.29, 0.717) is 5.13 Å². The Balaban J connectivity index is 1.81. The van der Waals surface area contributed by atoms with Gasteiger partial charge in [0.05, 0.1) is 16.7 Å². The summed E-state index contributed by atoms with van der Waals surface area (Å²) in [5, 5.41) is 3.50. The Bertz CT molecular complexity index is 799. The molecule has 21 heavy (non-hydrogen) atoms. The number of anilines is 1. The van der Waals surface area contributed by atoms with Crippen LogP contribution >= 0.6 is 11.3 Å². The molecule has 0 aliphatic heterocycles. The molecule has 0 radical (unpaired) electrons. The van der Waals surface area contributed by atoms with Crippen LogP contribution in [0.4, 0.5) is 5.13 Å². The average Bonchev–Trinajstić information content (AvgIpc) is 2.91. The van der Waals surface area contributed by atoms with Gasteiger partial charge in [-0.3, -0.25) is 4.79 Å². The lowest BCUT2D eigenvalue weighted by molar-refractivity contribution is -0.116. The van der Waals surface area contributed by atoms with E-state index in [0.717, 1.165) is 27.4 Å². The molecule has 0 unspecified atom stereocenters. The highest BCUT2D eigenvalue weighted by atomic mass is 32.1. The highest BCUT2D eigenvalue weighted by Gasteiger charge is 2.12. The van der Waals surface area contributed by atoms with E-state index in [1.807, 2.05) is 49.6 Å². The van der Waals surface area contributed by atoms with Crippen molar-refractivity contribution < 1.29 is 4.79 Å². The van der Waals surface area contributed by atoms with Crippen molar-refractivity contribution in [2.24, 2.45) is 0 Å². The number of aromatic nitrogens is 3. The number of nitrogens with zero attached hydrogens (tertiary/aromatic N) is 3. The number of carbonyl (C=O) groups is 1. The molecule has 1 N–H and O–H groups in total.